The highest BCUT2D eigenvalue weighted by Crippen LogP contribution is 2.10. The van der Waals surface area contributed by atoms with Crippen molar-refractivity contribution in [1.82, 2.24) is 0 Å². The molecular formula is C17H35N. The Morgan fingerprint density at radius 2 is 1.06 bits per heavy atom. The van der Waals surface area contributed by atoms with Crippen LogP contribution in [0.25, 0.3) is 0 Å². The van der Waals surface area contributed by atoms with Gasteiger partial charge in [0.1, 0.15) is 0 Å². The first kappa shape index (κ1) is 17.7. The van der Waals surface area contributed by atoms with Gasteiger partial charge in [-0.1, -0.05) is 78.6 Å². The van der Waals surface area contributed by atoms with Gasteiger partial charge in [0.2, 0.25) is 0 Å². The summed E-state index contributed by atoms with van der Waals surface area (Å²) in [5.41, 5.74) is 1.39. The second-order valence-electron chi connectivity index (χ2n) is 5.34. The van der Waals surface area contributed by atoms with Gasteiger partial charge in [0.25, 0.3) is 0 Å². The summed E-state index contributed by atoms with van der Waals surface area (Å²) in [6.07, 6.45) is 16.4. The molecule has 0 heterocycles. The van der Waals surface area contributed by atoms with Gasteiger partial charge in [0.05, 0.1) is 0 Å². The van der Waals surface area contributed by atoms with Crippen LogP contribution in [0.3, 0.4) is 0 Å². The monoisotopic (exact) mass is 253 g/mol. The number of nitrogens with zero attached hydrogens (tertiary/aromatic N) is 1. The van der Waals surface area contributed by atoms with E-state index in [2.05, 4.69) is 25.8 Å². The molecule has 0 aromatic rings. The van der Waals surface area contributed by atoms with Crippen LogP contribution in [-0.2, 0) is 0 Å². The Morgan fingerprint density at radius 3 is 1.50 bits per heavy atom. The van der Waals surface area contributed by atoms with E-state index in [4.69, 9.17) is 0 Å². The van der Waals surface area contributed by atoms with Gasteiger partial charge in [-0.25, -0.2) is 0 Å². The molecule has 0 aliphatic carbocycles. The van der Waals surface area contributed by atoms with Crippen molar-refractivity contribution in [3.63, 3.8) is 0 Å². The molecule has 0 spiro atoms. The molecule has 108 valence electrons. The minimum absolute atomic E-state index is 1.06. The third-order valence-corrected chi connectivity index (χ3v) is 3.66. The SMILES string of the molecule is CCCCCCCCCCCCN=C(CC)CC. The van der Waals surface area contributed by atoms with Gasteiger partial charge < -0.3 is 0 Å². The molecule has 1 heteroatoms. The van der Waals surface area contributed by atoms with E-state index in [1.807, 2.05) is 0 Å². The molecule has 0 aromatic heterocycles. The van der Waals surface area contributed by atoms with E-state index in [1.165, 1.54) is 69.9 Å². The highest BCUT2D eigenvalue weighted by atomic mass is 14.7. The Kier molecular flexibility index (Phi) is 14.5. The maximum Gasteiger partial charge on any atom is 0.0388 e. The van der Waals surface area contributed by atoms with Crippen LogP contribution in [0.1, 0.15) is 97.8 Å². The first-order valence-electron chi connectivity index (χ1n) is 8.37. The van der Waals surface area contributed by atoms with E-state index in [0.717, 1.165) is 19.4 Å². The molecule has 0 N–H and O–H groups in total. The molecule has 0 aromatic carbocycles. The number of unbranched alkanes of at least 4 members (excludes halogenated alkanes) is 9. The molecule has 0 aliphatic rings. The van der Waals surface area contributed by atoms with Crippen LogP contribution in [0.15, 0.2) is 4.99 Å². The lowest BCUT2D eigenvalue weighted by Gasteiger charge is -2.02. The molecule has 1 nitrogen and oxygen atoms in total. The first-order chi connectivity index (χ1) is 8.85. The van der Waals surface area contributed by atoms with Crippen LogP contribution < -0.4 is 0 Å². The van der Waals surface area contributed by atoms with Gasteiger partial charge in [-0.05, 0) is 19.3 Å². The van der Waals surface area contributed by atoms with E-state index in [9.17, 15) is 0 Å². The summed E-state index contributed by atoms with van der Waals surface area (Å²) in [7, 11) is 0. The molecule has 0 atom stereocenters. The number of rotatable bonds is 13. The minimum atomic E-state index is 1.06. The van der Waals surface area contributed by atoms with Crippen molar-refractivity contribution >= 4 is 5.71 Å². The van der Waals surface area contributed by atoms with Gasteiger partial charge in [0, 0.05) is 12.3 Å². The zero-order chi connectivity index (χ0) is 13.5. The Morgan fingerprint density at radius 1 is 0.611 bits per heavy atom. The summed E-state index contributed by atoms with van der Waals surface area (Å²) in [5, 5.41) is 0. The van der Waals surface area contributed by atoms with Crippen molar-refractivity contribution in [1.29, 1.82) is 0 Å². The quantitative estimate of drug-likeness (QED) is 0.275. The van der Waals surface area contributed by atoms with E-state index in [0.29, 0.717) is 0 Å². The van der Waals surface area contributed by atoms with Gasteiger partial charge in [-0.3, -0.25) is 4.99 Å². The summed E-state index contributed by atoms with van der Waals surface area (Å²) in [6, 6.07) is 0. The fourth-order valence-electron chi connectivity index (χ4n) is 2.31. The third kappa shape index (κ3) is 12.1. The van der Waals surface area contributed by atoms with Gasteiger partial charge in [-0.15, -0.1) is 0 Å². The van der Waals surface area contributed by atoms with Crippen molar-refractivity contribution in [3.8, 4) is 0 Å². The predicted octanol–water partition coefficient (Wildman–Crippen LogP) is 6.17. The lowest BCUT2D eigenvalue weighted by atomic mass is 10.1. The van der Waals surface area contributed by atoms with Crippen LogP contribution in [0, 0.1) is 0 Å². The first-order valence-corrected chi connectivity index (χ1v) is 8.37. The van der Waals surface area contributed by atoms with Crippen LogP contribution in [0.5, 0.6) is 0 Å². The van der Waals surface area contributed by atoms with Gasteiger partial charge in [-0.2, -0.15) is 0 Å². The molecule has 0 bridgehead atoms. The number of hydrogen-bond acceptors (Lipinski definition) is 1. The molecule has 18 heavy (non-hydrogen) atoms. The third-order valence-electron chi connectivity index (χ3n) is 3.66. The maximum atomic E-state index is 4.65. The molecule has 0 unspecified atom stereocenters. The summed E-state index contributed by atoms with van der Waals surface area (Å²) in [6.45, 7) is 7.76. The van der Waals surface area contributed by atoms with E-state index in [1.54, 1.807) is 0 Å². The fourth-order valence-corrected chi connectivity index (χ4v) is 2.31. The Bertz CT molecular complexity index is 178. The Hall–Kier alpha value is -0.330. The highest BCUT2D eigenvalue weighted by molar-refractivity contribution is 5.83. The van der Waals surface area contributed by atoms with Crippen molar-refractivity contribution in [2.45, 2.75) is 97.8 Å². The Balaban J connectivity index is 3.14. The fraction of sp³-hybridized carbons (Fsp3) is 0.941. The highest BCUT2D eigenvalue weighted by Gasteiger charge is 1.93. The lowest BCUT2D eigenvalue weighted by Crippen LogP contribution is -1.95. The smallest absolute Gasteiger partial charge is 0.0388 e. The van der Waals surface area contributed by atoms with Crippen molar-refractivity contribution in [2.75, 3.05) is 6.54 Å². The van der Waals surface area contributed by atoms with Crippen LogP contribution in [0.2, 0.25) is 0 Å². The van der Waals surface area contributed by atoms with Crippen LogP contribution >= 0.6 is 0 Å². The molecule has 0 saturated heterocycles. The minimum Gasteiger partial charge on any atom is -0.294 e. The average molecular weight is 253 g/mol. The molecular weight excluding hydrogens is 218 g/mol. The summed E-state index contributed by atoms with van der Waals surface area (Å²) in [5.74, 6) is 0. The molecule has 0 amide bonds. The largest absolute Gasteiger partial charge is 0.294 e. The summed E-state index contributed by atoms with van der Waals surface area (Å²) < 4.78 is 0. The molecule has 0 rings (SSSR count). The van der Waals surface area contributed by atoms with E-state index >= 15 is 0 Å². The molecule has 0 fully saturated rings. The number of hydrogen-bond donors (Lipinski definition) is 0. The Labute approximate surface area is 115 Å². The summed E-state index contributed by atoms with van der Waals surface area (Å²) in [4.78, 5) is 4.65. The van der Waals surface area contributed by atoms with E-state index < -0.39 is 0 Å². The summed E-state index contributed by atoms with van der Waals surface area (Å²) >= 11 is 0. The van der Waals surface area contributed by atoms with Gasteiger partial charge in [0.15, 0.2) is 0 Å². The number of aliphatic imine (C=N–C) groups is 1. The van der Waals surface area contributed by atoms with Crippen molar-refractivity contribution in [2.24, 2.45) is 4.99 Å². The standard InChI is InChI=1S/C17H35N/c1-4-7-8-9-10-11-12-13-14-15-16-18-17(5-2)6-3/h4-16H2,1-3H3. The second kappa shape index (κ2) is 14.7. The zero-order valence-electron chi connectivity index (χ0n) is 13.1. The van der Waals surface area contributed by atoms with Crippen molar-refractivity contribution in [3.05, 3.63) is 0 Å². The molecule has 0 radical (unpaired) electrons. The maximum absolute atomic E-state index is 4.65. The van der Waals surface area contributed by atoms with Crippen LogP contribution in [0.4, 0.5) is 0 Å². The zero-order valence-corrected chi connectivity index (χ0v) is 13.1. The molecule has 0 aliphatic heterocycles. The molecule has 0 saturated carbocycles. The normalized spacial score (nSPS) is 10.6. The van der Waals surface area contributed by atoms with Crippen LogP contribution in [-0.4, -0.2) is 12.3 Å². The van der Waals surface area contributed by atoms with Crippen molar-refractivity contribution < 1.29 is 0 Å². The predicted molar refractivity (Wildman–Crippen MR) is 84.7 cm³/mol. The average Bonchev–Trinajstić information content (AvgIpc) is 2.40. The van der Waals surface area contributed by atoms with E-state index in [-0.39, 0.29) is 0 Å². The lowest BCUT2D eigenvalue weighted by molar-refractivity contribution is 0.558. The second-order valence-corrected chi connectivity index (χ2v) is 5.34. The van der Waals surface area contributed by atoms with Gasteiger partial charge >= 0.3 is 0 Å². The topological polar surface area (TPSA) is 12.4 Å².